The molecule has 8 aromatic rings. The maximum Gasteiger partial charge on any atom is 0.0890 e. The van der Waals surface area contributed by atoms with Gasteiger partial charge in [-0.15, -0.1) is 11.3 Å². The Balaban J connectivity index is 1.15. The van der Waals surface area contributed by atoms with Gasteiger partial charge in [0.2, 0.25) is 0 Å². The number of aromatic nitrogens is 1. The molecule has 2 heterocycles. The number of rotatable bonds is 5. The van der Waals surface area contributed by atoms with Gasteiger partial charge in [0.15, 0.2) is 0 Å². The molecule has 47 heavy (non-hydrogen) atoms. The highest BCUT2D eigenvalue weighted by Gasteiger charge is 2.35. The van der Waals surface area contributed by atoms with Gasteiger partial charge in [-0.3, -0.25) is 4.98 Å². The second-order valence-electron chi connectivity index (χ2n) is 12.9. The van der Waals surface area contributed by atoms with Crippen molar-refractivity contribution in [3.8, 4) is 33.4 Å². The van der Waals surface area contributed by atoms with E-state index in [0.717, 1.165) is 22.6 Å². The van der Waals surface area contributed by atoms with Gasteiger partial charge >= 0.3 is 0 Å². The van der Waals surface area contributed by atoms with E-state index in [0.29, 0.717) is 0 Å². The SMILES string of the molecule is CC1(C)c2ccccc2-c2cc(N(c3ccc(-c4ccc(-c5ccccc5)cc4)cc3)c3cnc4c(c3)sc3ccccc34)ccc21. The van der Waals surface area contributed by atoms with E-state index in [9.17, 15) is 0 Å². The number of hydrogen-bond acceptors (Lipinski definition) is 3. The van der Waals surface area contributed by atoms with Gasteiger partial charge in [-0.1, -0.05) is 129 Å². The Morgan fingerprint density at radius 3 is 1.85 bits per heavy atom. The fourth-order valence-corrected chi connectivity index (χ4v) is 8.39. The monoisotopic (exact) mass is 620 g/mol. The van der Waals surface area contributed by atoms with Crippen molar-refractivity contribution in [3.05, 3.63) is 169 Å². The average Bonchev–Trinajstić information content (AvgIpc) is 3.61. The molecule has 0 bridgehead atoms. The third kappa shape index (κ3) is 4.58. The number of hydrogen-bond donors (Lipinski definition) is 0. The van der Waals surface area contributed by atoms with Crippen molar-refractivity contribution in [1.82, 2.24) is 4.98 Å². The molecule has 2 aromatic heterocycles. The van der Waals surface area contributed by atoms with Gasteiger partial charge in [-0.2, -0.15) is 0 Å². The lowest BCUT2D eigenvalue weighted by atomic mass is 9.82. The van der Waals surface area contributed by atoms with Crippen LogP contribution in [0.2, 0.25) is 0 Å². The summed E-state index contributed by atoms with van der Waals surface area (Å²) in [5, 5.41) is 1.21. The molecule has 0 fully saturated rings. The van der Waals surface area contributed by atoms with Crippen molar-refractivity contribution in [1.29, 1.82) is 0 Å². The fraction of sp³-hybridized carbons (Fsp3) is 0.0682. The normalized spacial score (nSPS) is 13.1. The molecule has 0 saturated carbocycles. The topological polar surface area (TPSA) is 16.1 Å². The molecule has 0 saturated heterocycles. The molecule has 1 aliphatic carbocycles. The summed E-state index contributed by atoms with van der Waals surface area (Å²) in [7, 11) is 0. The number of pyridine rings is 1. The van der Waals surface area contributed by atoms with E-state index in [2.05, 4.69) is 170 Å². The summed E-state index contributed by atoms with van der Waals surface area (Å²) in [5.74, 6) is 0. The minimum absolute atomic E-state index is 0.0372. The lowest BCUT2D eigenvalue weighted by Gasteiger charge is -2.27. The first-order valence-corrected chi connectivity index (χ1v) is 16.9. The van der Waals surface area contributed by atoms with E-state index >= 15 is 0 Å². The minimum atomic E-state index is -0.0372. The number of benzene rings is 6. The van der Waals surface area contributed by atoms with Crippen molar-refractivity contribution in [2.45, 2.75) is 19.3 Å². The molecule has 9 rings (SSSR count). The van der Waals surface area contributed by atoms with Gasteiger partial charge in [0.05, 0.1) is 22.1 Å². The van der Waals surface area contributed by atoms with Crippen molar-refractivity contribution < 1.29 is 0 Å². The smallest absolute Gasteiger partial charge is 0.0890 e. The summed E-state index contributed by atoms with van der Waals surface area (Å²) in [4.78, 5) is 7.39. The van der Waals surface area contributed by atoms with E-state index < -0.39 is 0 Å². The van der Waals surface area contributed by atoms with E-state index in [-0.39, 0.29) is 5.41 Å². The highest BCUT2D eigenvalue weighted by atomic mass is 32.1. The first kappa shape index (κ1) is 27.8. The number of anilines is 3. The summed E-state index contributed by atoms with van der Waals surface area (Å²) in [5.41, 5.74) is 14.5. The molecule has 0 radical (unpaired) electrons. The van der Waals surface area contributed by atoms with E-state index in [4.69, 9.17) is 4.98 Å². The standard InChI is InChI=1S/C44H32N2S/c1-44(2)39-14-8-6-12-36(39)38-26-34(24-25-40(38)44)46(35-27-42-43(45-28-35)37-13-7-9-15-41(37)47-42)33-22-20-32(21-23-33)31-18-16-30(17-19-31)29-10-4-3-5-11-29/h3-28H,1-2H3. The minimum Gasteiger partial charge on any atom is -0.309 e. The van der Waals surface area contributed by atoms with Gasteiger partial charge in [0, 0.05) is 26.9 Å². The maximum atomic E-state index is 5.04. The predicted octanol–water partition coefficient (Wildman–Crippen LogP) is 12.6. The molecule has 3 heteroatoms. The van der Waals surface area contributed by atoms with Crippen molar-refractivity contribution in [3.63, 3.8) is 0 Å². The molecule has 6 aromatic carbocycles. The van der Waals surface area contributed by atoms with E-state index in [1.165, 1.54) is 59.3 Å². The Morgan fingerprint density at radius 1 is 0.489 bits per heavy atom. The van der Waals surface area contributed by atoms with Crippen LogP contribution in [0.25, 0.3) is 53.7 Å². The third-order valence-electron chi connectivity index (χ3n) is 9.73. The molecule has 0 aliphatic heterocycles. The number of fused-ring (bicyclic) bond motifs is 6. The largest absolute Gasteiger partial charge is 0.309 e. The van der Waals surface area contributed by atoms with Crippen LogP contribution in [0.3, 0.4) is 0 Å². The average molecular weight is 621 g/mol. The Labute approximate surface area is 279 Å². The summed E-state index contributed by atoms with van der Waals surface area (Å²) in [6.07, 6.45) is 2.03. The van der Waals surface area contributed by atoms with E-state index in [1.54, 1.807) is 11.3 Å². The number of nitrogens with zero attached hydrogens (tertiary/aromatic N) is 2. The van der Waals surface area contributed by atoms with Gasteiger partial charge < -0.3 is 4.90 Å². The van der Waals surface area contributed by atoms with Crippen LogP contribution in [0.4, 0.5) is 17.1 Å². The molecule has 2 nitrogen and oxygen atoms in total. The first-order valence-electron chi connectivity index (χ1n) is 16.1. The molecule has 0 unspecified atom stereocenters. The molecule has 0 atom stereocenters. The molecule has 0 N–H and O–H groups in total. The Hall–Kier alpha value is -5.51. The Morgan fingerprint density at radius 2 is 1.09 bits per heavy atom. The molecular weight excluding hydrogens is 589 g/mol. The van der Waals surface area contributed by atoms with Crippen LogP contribution in [0.1, 0.15) is 25.0 Å². The summed E-state index contributed by atoms with van der Waals surface area (Å²) < 4.78 is 2.45. The van der Waals surface area contributed by atoms with E-state index in [1.807, 2.05) is 6.20 Å². The van der Waals surface area contributed by atoms with Crippen LogP contribution in [-0.2, 0) is 5.41 Å². The van der Waals surface area contributed by atoms with Gasteiger partial charge in [0.25, 0.3) is 0 Å². The zero-order valence-corrected chi connectivity index (χ0v) is 27.1. The molecule has 1 aliphatic rings. The summed E-state index contributed by atoms with van der Waals surface area (Å²) in [6.45, 7) is 4.67. The fourth-order valence-electron chi connectivity index (χ4n) is 7.29. The van der Waals surface area contributed by atoms with Gasteiger partial charge in [-0.25, -0.2) is 0 Å². The highest BCUT2D eigenvalue weighted by Crippen LogP contribution is 2.50. The second kappa shape index (κ2) is 10.8. The van der Waals surface area contributed by atoms with Crippen molar-refractivity contribution in [2.75, 3.05) is 4.90 Å². The molecule has 224 valence electrons. The Bertz CT molecular complexity index is 2420. The summed E-state index contributed by atoms with van der Waals surface area (Å²) >= 11 is 1.80. The van der Waals surface area contributed by atoms with Crippen LogP contribution < -0.4 is 4.90 Å². The van der Waals surface area contributed by atoms with Crippen LogP contribution in [-0.4, -0.2) is 4.98 Å². The lowest BCUT2D eigenvalue weighted by Crippen LogP contribution is -2.15. The lowest BCUT2D eigenvalue weighted by molar-refractivity contribution is 0.660. The first-order chi connectivity index (χ1) is 23.0. The maximum absolute atomic E-state index is 5.04. The van der Waals surface area contributed by atoms with Crippen LogP contribution in [0.5, 0.6) is 0 Å². The van der Waals surface area contributed by atoms with Crippen LogP contribution in [0.15, 0.2) is 158 Å². The third-order valence-corrected chi connectivity index (χ3v) is 10.8. The van der Waals surface area contributed by atoms with Crippen molar-refractivity contribution in [2.24, 2.45) is 0 Å². The summed E-state index contributed by atoms with van der Waals surface area (Å²) in [6, 6.07) is 55.0. The highest BCUT2D eigenvalue weighted by molar-refractivity contribution is 7.25. The Kier molecular flexibility index (Phi) is 6.38. The van der Waals surface area contributed by atoms with Gasteiger partial charge in [0.1, 0.15) is 0 Å². The van der Waals surface area contributed by atoms with Gasteiger partial charge in [-0.05, 0) is 80.9 Å². The zero-order chi connectivity index (χ0) is 31.5. The second-order valence-corrected chi connectivity index (χ2v) is 13.9. The molecule has 0 amide bonds. The van der Waals surface area contributed by atoms with Crippen LogP contribution in [0, 0.1) is 0 Å². The van der Waals surface area contributed by atoms with Crippen molar-refractivity contribution >= 4 is 48.7 Å². The molecule has 0 spiro atoms. The predicted molar refractivity (Wildman–Crippen MR) is 200 cm³/mol. The molecular formula is C44H32N2S. The quantitative estimate of drug-likeness (QED) is 0.190. The van der Waals surface area contributed by atoms with Crippen LogP contribution >= 0.6 is 11.3 Å². The zero-order valence-electron chi connectivity index (χ0n) is 26.3. The number of thiophene rings is 1.